The van der Waals surface area contributed by atoms with Crippen LogP contribution < -0.4 is 10.6 Å². The molecule has 0 amide bonds. The molecule has 2 N–H and O–H groups in total. The normalized spacial score (nSPS) is 10.9. The Morgan fingerprint density at radius 1 is 1.56 bits per heavy atom. The summed E-state index contributed by atoms with van der Waals surface area (Å²) in [6.07, 6.45) is 7.49. The van der Waals surface area contributed by atoms with E-state index in [0.29, 0.717) is 5.82 Å². The molecule has 0 saturated carbocycles. The number of nitrogens with zero attached hydrogens (tertiary/aromatic N) is 4. The van der Waals surface area contributed by atoms with Gasteiger partial charge in [-0.05, 0) is 6.26 Å². The molecule has 0 bridgehead atoms. The lowest BCUT2D eigenvalue weighted by Crippen LogP contribution is -2.22. The molecular formula is C10H15N5S. The molecule has 2 aromatic rings. The number of imidazole rings is 1. The van der Waals surface area contributed by atoms with Crippen molar-refractivity contribution in [1.82, 2.24) is 14.4 Å². The van der Waals surface area contributed by atoms with Gasteiger partial charge in [0.25, 0.3) is 0 Å². The van der Waals surface area contributed by atoms with Crippen molar-refractivity contribution in [3.05, 3.63) is 18.6 Å². The standard InChI is InChI=1S/C10H15N5S/c1-14(5-6-16-2)10-9-12-3-4-15(9)7-8(11)13-10/h3-4,7H,5-6,11H2,1-2H3. The first-order valence-corrected chi connectivity index (χ1v) is 6.41. The van der Waals surface area contributed by atoms with Gasteiger partial charge in [-0.15, -0.1) is 0 Å². The van der Waals surface area contributed by atoms with Crippen molar-refractivity contribution in [1.29, 1.82) is 0 Å². The van der Waals surface area contributed by atoms with Gasteiger partial charge in [0.2, 0.25) is 0 Å². The Balaban J connectivity index is 2.38. The van der Waals surface area contributed by atoms with Gasteiger partial charge in [0, 0.05) is 31.7 Å². The monoisotopic (exact) mass is 237 g/mol. The summed E-state index contributed by atoms with van der Waals surface area (Å²) < 4.78 is 1.90. The number of nitrogen functional groups attached to an aromatic ring is 1. The Labute approximate surface area is 98.7 Å². The van der Waals surface area contributed by atoms with Crippen molar-refractivity contribution in [2.24, 2.45) is 0 Å². The van der Waals surface area contributed by atoms with Gasteiger partial charge < -0.3 is 15.0 Å². The Morgan fingerprint density at radius 3 is 3.12 bits per heavy atom. The first-order valence-electron chi connectivity index (χ1n) is 5.01. The van der Waals surface area contributed by atoms with E-state index in [2.05, 4.69) is 21.1 Å². The average Bonchev–Trinajstić information content (AvgIpc) is 2.72. The third-order valence-electron chi connectivity index (χ3n) is 2.37. The zero-order chi connectivity index (χ0) is 11.5. The summed E-state index contributed by atoms with van der Waals surface area (Å²) in [7, 11) is 2.01. The molecule has 0 unspecified atom stereocenters. The molecule has 2 rings (SSSR count). The highest BCUT2D eigenvalue weighted by molar-refractivity contribution is 7.98. The number of hydrogen-bond acceptors (Lipinski definition) is 5. The molecule has 6 heteroatoms. The highest BCUT2D eigenvalue weighted by Crippen LogP contribution is 2.18. The summed E-state index contributed by atoms with van der Waals surface area (Å²) in [6, 6.07) is 0. The number of thioether (sulfide) groups is 1. The minimum atomic E-state index is 0.511. The van der Waals surface area contributed by atoms with Crippen LogP contribution >= 0.6 is 11.8 Å². The average molecular weight is 237 g/mol. The molecule has 0 fully saturated rings. The summed E-state index contributed by atoms with van der Waals surface area (Å²) in [5.41, 5.74) is 6.60. The van der Waals surface area contributed by atoms with Crippen LogP contribution in [-0.4, -0.2) is 40.0 Å². The topological polar surface area (TPSA) is 59.5 Å². The molecular weight excluding hydrogens is 222 g/mol. The van der Waals surface area contributed by atoms with Gasteiger partial charge in [-0.1, -0.05) is 0 Å². The second-order valence-electron chi connectivity index (χ2n) is 3.56. The number of anilines is 2. The number of fused-ring (bicyclic) bond motifs is 1. The van der Waals surface area contributed by atoms with Crippen LogP contribution in [0.5, 0.6) is 0 Å². The van der Waals surface area contributed by atoms with Gasteiger partial charge in [-0.2, -0.15) is 11.8 Å². The minimum absolute atomic E-state index is 0.511. The second kappa shape index (κ2) is 4.61. The number of rotatable bonds is 4. The van der Waals surface area contributed by atoms with Crippen LogP contribution in [0.4, 0.5) is 11.6 Å². The van der Waals surface area contributed by atoms with E-state index < -0.39 is 0 Å². The number of hydrogen-bond donors (Lipinski definition) is 1. The van der Waals surface area contributed by atoms with Crippen molar-refractivity contribution in [3.8, 4) is 0 Å². The maximum atomic E-state index is 5.76. The molecule has 0 atom stereocenters. The van der Waals surface area contributed by atoms with E-state index >= 15 is 0 Å². The van der Waals surface area contributed by atoms with Crippen LogP contribution in [0.2, 0.25) is 0 Å². The molecule has 2 heterocycles. The molecule has 0 spiro atoms. The van der Waals surface area contributed by atoms with Crippen LogP contribution in [0.1, 0.15) is 0 Å². The molecule has 0 aliphatic rings. The molecule has 5 nitrogen and oxygen atoms in total. The van der Waals surface area contributed by atoms with E-state index in [1.807, 2.05) is 29.4 Å². The van der Waals surface area contributed by atoms with Crippen LogP contribution in [0, 0.1) is 0 Å². The molecule has 16 heavy (non-hydrogen) atoms. The highest BCUT2D eigenvalue weighted by atomic mass is 32.2. The smallest absolute Gasteiger partial charge is 0.180 e. The van der Waals surface area contributed by atoms with E-state index in [-0.39, 0.29) is 0 Å². The predicted molar refractivity (Wildman–Crippen MR) is 69.1 cm³/mol. The van der Waals surface area contributed by atoms with Crippen molar-refractivity contribution in [2.75, 3.05) is 36.2 Å². The molecule has 0 saturated heterocycles. The lowest BCUT2D eigenvalue weighted by atomic mass is 10.5. The third kappa shape index (κ3) is 2.06. The minimum Gasteiger partial charge on any atom is -0.382 e. The lowest BCUT2D eigenvalue weighted by molar-refractivity contribution is 0.939. The van der Waals surface area contributed by atoms with E-state index in [9.17, 15) is 0 Å². The predicted octanol–water partition coefficient (Wildman–Crippen LogP) is 1.11. The van der Waals surface area contributed by atoms with Gasteiger partial charge in [0.1, 0.15) is 5.82 Å². The zero-order valence-electron chi connectivity index (χ0n) is 9.42. The van der Waals surface area contributed by atoms with Crippen molar-refractivity contribution >= 4 is 29.0 Å². The van der Waals surface area contributed by atoms with Crippen LogP contribution in [0.15, 0.2) is 18.6 Å². The summed E-state index contributed by atoms with van der Waals surface area (Å²) in [6.45, 7) is 0.931. The van der Waals surface area contributed by atoms with Gasteiger partial charge in [-0.3, -0.25) is 0 Å². The Kier molecular flexibility index (Phi) is 3.19. The van der Waals surface area contributed by atoms with E-state index in [1.165, 1.54) is 0 Å². The Hall–Kier alpha value is -1.43. The van der Waals surface area contributed by atoms with Gasteiger partial charge in [-0.25, -0.2) is 9.97 Å². The zero-order valence-corrected chi connectivity index (χ0v) is 10.2. The molecule has 0 radical (unpaired) electrons. The first-order chi connectivity index (χ1) is 7.72. The first kappa shape index (κ1) is 11.1. The Morgan fingerprint density at radius 2 is 2.38 bits per heavy atom. The van der Waals surface area contributed by atoms with Crippen molar-refractivity contribution in [3.63, 3.8) is 0 Å². The maximum absolute atomic E-state index is 5.76. The highest BCUT2D eigenvalue weighted by Gasteiger charge is 2.10. The largest absolute Gasteiger partial charge is 0.382 e. The van der Waals surface area contributed by atoms with E-state index in [4.69, 9.17) is 5.73 Å². The fourth-order valence-corrected chi connectivity index (χ4v) is 1.98. The summed E-state index contributed by atoms with van der Waals surface area (Å²) in [5.74, 6) is 2.40. The third-order valence-corrected chi connectivity index (χ3v) is 2.96. The van der Waals surface area contributed by atoms with Crippen LogP contribution in [0.3, 0.4) is 0 Å². The summed E-state index contributed by atoms with van der Waals surface area (Å²) in [4.78, 5) is 10.7. The second-order valence-corrected chi connectivity index (χ2v) is 4.55. The van der Waals surface area contributed by atoms with Crippen molar-refractivity contribution < 1.29 is 0 Å². The quantitative estimate of drug-likeness (QED) is 0.863. The maximum Gasteiger partial charge on any atom is 0.180 e. The number of aromatic nitrogens is 3. The lowest BCUT2D eigenvalue weighted by Gasteiger charge is -2.18. The van der Waals surface area contributed by atoms with Crippen LogP contribution in [0.25, 0.3) is 5.65 Å². The van der Waals surface area contributed by atoms with Crippen molar-refractivity contribution in [2.45, 2.75) is 0 Å². The number of nitrogens with two attached hydrogens (primary N) is 1. The molecule has 86 valence electrons. The van der Waals surface area contributed by atoms with Crippen LogP contribution in [-0.2, 0) is 0 Å². The van der Waals surface area contributed by atoms with Gasteiger partial charge >= 0.3 is 0 Å². The molecule has 0 aliphatic heterocycles. The fourth-order valence-electron chi connectivity index (χ4n) is 1.52. The van der Waals surface area contributed by atoms with E-state index in [0.717, 1.165) is 23.8 Å². The molecule has 0 aliphatic carbocycles. The molecule has 2 aromatic heterocycles. The van der Waals surface area contributed by atoms with Gasteiger partial charge in [0.05, 0.1) is 6.20 Å². The Bertz CT molecular complexity index is 481. The summed E-state index contributed by atoms with van der Waals surface area (Å²) in [5, 5.41) is 0. The SMILES string of the molecule is CSCCN(C)c1nc(N)cn2ccnc12. The van der Waals surface area contributed by atoms with Gasteiger partial charge in [0.15, 0.2) is 11.5 Å². The van der Waals surface area contributed by atoms with E-state index in [1.54, 1.807) is 12.4 Å². The molecule has 0 aromatic carbocycles. The fraction of sp³-hybridized carbons (Fsp3) is 0.400. The summed E-state index contributed by atoms with van der Waals surface area (Å²) >= 11 is 1.81.